The van der Waals surface area contributed by atoms with Gasteiger partial charge in [-0.1, -0.05) is 0 Å². The molecule has 2 aliphatic rings. The van der Waals surface area contributed by atoms with E-state index in [9.17, 15) is 9.59 Å². The summed E-state index contributed by atoms with van der Waals surface area (Å²) in [4.78, 5) is 31.0. The lowest BCUT2D eigenvalue weighted by Crippen LogP contribution is -2.51. The smallest absolute Gasteiger partial charge is 0.410 e. The molecule has 3 rings (SSSR count). The van der Waals surface area contributed by atoms with Gasteiger partial charge in [-0.3, -0.25) is 9.69 Å². The van der Waals surface area contributed by atoms with Crippen molar-refractivity contribution in [3.63, 3.8) is 0 Å². The summed E-state index contributed by atoms with van der Waals surface area (Å²) >= 11 is 0. The van der Waals surface area contributed by atoms with E-state index in [1.165, 1.54) is 0 Å². The van der Waals surface area contributed by atoms with E-state index < -0.39 is 5.60 Å². The number of nitrogen functional groups attached to an aromatic ring is 1. The SMILES string of the molecule is CC(C)(C)OC(=O)N1CCC(CN2CCN(C(=O)c3ccc(N)cc3)CC2)CC1. The van der Waals surface area contributed by atoms with Crippen molar-refractivity contribution in [2.24, 2.45) is 5.92 Å². The maximum atomic E-state index is 12.6. The number of carbonyl (C=O) groups excluding carboxylic acids is 2. The molecule has 0 unspecified atom stereocenters. The van der Waals surface area contributed by atoms with Gasteiger partial charge in [0.1, 0.15) is 5.60 Å². The summed E-state index contributed by atoms with van der Waals surface area (Å²) in [5.41, 5.74) is 6.62. The molecule has 0 aromatic heterocycles. The summed E-state index contributed by atoms with van der Waals surface area (Å²) in [5.74, 6) is 0.670. The molecule has 2 N–H and O–H groups in total. The fourth-order valence-corrected chi connectivity index (χ4v) is 3.93. The average Bonchev–Trinajstić information content (AvgIpc) is 2.68. The fraction of sp³-hybridized carbons (Fsp3) is 0.636. The Morgan fingerprint density at radius 3 is 2.10 bits per heavy atom. The first kappa shape index (κ1) is 21.4. The van der Waals surface area contributed by atoms with Crippen LogP contribution in [0.1, 0.15) is 44.0 Å². The van der Waals surface area contributed by atoms with Crippen LogP contribution >= 0.6 is 0 Å². The number of carbonyl (C=O) groups is 2. The Labute approximate surface area is 173 Å². The van der Waals surface area contributed by atoms with Gasteiger partial charge < -0.3 is 20.3 Å². The zero-order chi connectivity index (χ0) is 21.0. The van der Waals surface area contributed by atoms with Gasteiger partial charge in [0, 0.05) is 57.1 Å². The third-order valence-corrected chi connectivity index (χ3v) is 5.60. The molecule has 29 heavy (non-hydrogen) atoms. The largest absolute Gasteiger partial charge is 0.444 e. The van der Waals surface area contributed by atoms with Crippen molar-refractivity contribution in [3.8, 4) is 0 Å². The molecule has 0 aliphatic carbocycles. The lowest BCUT2D eigenvalue weighted by Gasteiger charge is -2.39. The highest BCUT2D eigenvalue weighted by atomic mass is 16.6. The quantitative estimate of drug-likeness (QED) is 0.787. The summed E-state index contributed by atoms with van der Waals surface area (Å²) in [6, 6.07) is 7.13. The van der Waals surface area contributed by atoms with Crippen LogP contribution in [0.3, 0.4) is 0 Å². The minimum atomic E-state index is -0.447. The molecular formula is C22H34N4O3. The Bertz CT molecular complexity index is 698. The van der Waals surface area contributed by atoms with E-state index in [1.54, 1.807) is 24.3 Å². The van der Waals surface area contributed by atoms with Crippen molar-refractivity contribution < 1.29 is 14.3 Å². The third-order valence-electron chi connectivity index (χ3n) is 5.60. The van der Waals surface area contributed by atoms with E-state index in [1.807, 2.05) is 30.6 Å². The highest BCUT2D eigenvalue weighted by molar-refractivity contribution is 5.94. The van der Waals surface area contributed by atoms with Crippen LogP contribution in [0.15, 0.2) is 24.3 Å². The van der Waals surface area contributed by atoms with Crippen LogP contribution < -0.4 is 5.73 Å². The number of piperazine rings is 1. The molecule has 1 aromatic rings. The van der Waals surface area contributed by atoms with Gasteiger partial charge in [0.15, 0.2) is 0 Å². The second kappa shape index (κ2) is 9.03. The van der Waals surface area contributed by atoms with E-state index in [-0.39, 0.29) is 12.0 Å². The van der Waals surface area contributed by atoms with Crippen molar-refractivity contribution in [1.82, 2.24) is 14.7 Å². The van der Waals surface area contributed by atoms with Gasteiger partial charge in [-0.05, 0) is 63.8 Å². The lowest BCUT2D eigenvalue weighted by atomic mass is 9.96. The van der Waals surface area contributed by atoms with Crippen LogP contribution in [-0.2, 0) is 4.74 Å². The lowest BCUT2D eigenvalue weighted by molar-refractivity contribution is 0.0161. The van der Waals surface area contributed by atoms with Crippen molar-refractivity contribution >= 4 is 17.7 Å². The first-order chi connectivity index (χ1) is 13.7. The van der Waals surface area contributed by atoms with Gasteiger partial charge in [-0.15, -0.1) is 0 Å². The van der Waals surface area contributed by atoms with Crippen molar-refractivity contribution in [3.05, 3.63) is 29.8 Å². The first-order valence-electron chi connectivity index (χ1n) is 10.6. The van der Waals surface area contributed by atoms with Gasteiger partial charge in [0.05, 0.1) is 0 Å². The molecule has 0 radical (unpaired) electrons. The van der Waals surface area contributed by atoms with E-state index in [0.29, 0.717) is 17.2 Å². The molecule has 0 bridgehead atoms. The van der Waals surface area contributed by atoms with Crippen LogP contribution in [0.2, 0.25) is 0 Å². The summed E-state index contributed by atoms with van der Waals surface area (Å²) in [6.07, 6.45) is 1.80. The Kier molecular flexibility index (Phi) is 6.67. The van der Waals surface area contributed by atoms with E-state index >= 15 is 0 Å². The van der Waals surface area contributed by atoms with Gasteiger partial charge in [0.25, 0.3) is 5.91 Å². The van der Waals surface area contributed by atoms with Crippen LogP contribution in [0.4, 0.5) is 10.5 Å². The predicted molar refractivity (Wildman–Crippen MR) is 114 cm³/mol. The molecule has 7 heteroatoms. The molecule has 0 spiro atoms. The van der Waals surface area contributed by atoms with Crippen molar-refractivity contribution in [1.29, 1.82) is 0 Å². The summed E-state index contributed by atoms with van der Waals surface area (Å²) in [7, 11) is 0. The number of nitrogens with two attached hydrogens (primary N) is 1. The number of anilines is 1. The van der Waals surface area contributed by atoms with Gasteiger partial charge in [-0.25, -0.2) is 4.79 Å². The molecule has 2 saturated heterocycles. The Morgan fingerprint density at radius 1 is 0.966 bits per heavy atom. The van der Waals surface area contributed by atoms with Crippen molar-refractivity contribution in [2.45, 2.75) is 39.2 Å². The summed E-state index contributed by atoms with van der Waals surface area (Å²) < 4.78 is 5.47. The maximum absolute atomic E-state index is 12.6. The van der Waals surface area contributed by atoms with Crippen molar-refractivity contribution in [2.75, 3.05) is 51.5 Å². The second-order valence-electron chi connectivity index (χ2n) is 9.13. The topological polar surface area (TPSA) is 79.1 Å². The minimum Gasteiger partial charge on any atom is -0.444 e. The highest BCUT2D eigenvalue weighted by Crippen LogP contribution is 2.21. The molecule has 7 nitrogen and oxygen atoms in total. The van der Waals surface area contributed by atoms with Crippen LogP contribution in [0.5, 0.6) is 0 Å². The number of hydrogen-bond donors (Lipinski definition) is 1. The van der Waals surface area contributed by atoms with Crippen LogP contribution in [-0.4, -0.2) is 78.1 Å². The molecule has 2 amide bonds. The fourth-order valence-electron chi connectivity index (χ4n) is 3.93. The summed E-state index contributed by atoms with van der Waals surface area (Å²) in [6.45, 7) is 11.5. The van der Waals surface area contributed by atoms with Gasteiger partial charge in [-0.2, -0.15) is 0 Å². The maximum Gasteiger partial charge on any atom is 0.410 e. The number of ether oxygens (including phenoxy) is 1. The molecule has 0 atom stereocenters. The zero-order valence-electron chi connectivity index (χ0n) is 17.9. The number of amides is 2. The molecule has 2 heterocycles. The molecule has 2 fully saturated rings. The number of piperidine rings is 1. The molecule has 0 saturated carbocycles. The second-order valence-corrected chi connectivity index (χ2v) is 9.13. The number of likely N-dealkylation sites (tertiary alicyclic amines) is 1. The predicted octanol–water partition coefficient (Wildman–Crippen LogP) is 2.67. The van der Waals surface area contributed by atoms with Gasteiger partial charge >= 0.3 is 6.09 Å². The number of nitrogens with zero attached hydrogens (tertiary/aromatic N) is 3. The van der Waals surface area contributed by atoms with Crippen LogP contribution in [0, 0.1) is 5.92 Å². The number of hydrogen-bond acceptors (Lipinski definition) is 5. The normalized spacial score (nSPS) is 19.3. The minimum absolute atomic E-state index is 0.0790. The van der Waals surface area contributed by atoms with Gasteiger partial charge in [0.2, 0.25) is 0 Å². The standard InChI is InChI=1S/C22H34N4O3/c1-22(2,3)29-21(28)26-10-8-17(9-11-26)16-24-12-14-25(15-13-24)20(27)18-4-6-19(23)7-5-18/h4-7,17H,8-16,23H2,1-3H3. The molecule has 1 aromatic carbocycles. The zero-order valence-corrected chi connectivity index (χ0v) is 17.9. The highest BCUT2D eigenvalue weighted by Gasteiger charge is 2.29. The Balaban J connectivity index is 1.40. The molecular weight excluding hydrogens is 368 g/mol. The number of benzene rings is 1. The monoisotopic (exact) mass is 402 g/mol. The van der Waals surface area contributed by atoms with E-state index in [0.717, 1.165) is 58.7 Å². The van der Waals surface area contributed by atoms with E-state index in [4.69, 9.17) is 10.5 Å². The molecule has 2 aliphatic heterocycles. The average molecular weight is 403 g/mol. The Hall–Kier alpha value is -2.28. The molecule has 160 valence electrons. The van der Waals surface area contributed by atoms with E-state index in [2.05, 4.69) is 4.90 Å². The number of rotatable bonds is 3. The first-order valence-corrected chi connectivity index (χ1v) is 10.6. The van der Waals surface area contributed by atoms with Crippen LogP contribution in [0.25, 0.3) is 0 Å². The Morgan fingerprint density at radius 2 is 1.55 bits per heavy atom. The summed E-state index contributed by atoms with van der Waals surface area (Å²) in [5, 5.41) is 0. The third kappa shape index (κ3) is 6.10.